The van der Waals surface area contributed by atoms with Crippen LogP contribution >= 0.6 is 0 Å². The lowest BCUT2D eigenvalue weighted by atomic mass is 10.2. The minimum absolute atomic E-state index is 0.190. The van der Waals surface area contributed by atoms with Crippen molar-refractivity contribution in [3.05, 3.63) is 84.9 Å². The topological polar surface area (TPSA) is 54.8 Å². The number of para-hydroxylation sites is 2. The molecule has 1 aromatic heterocycles. The highest BCUT2D eigenvalue weighted by Gasteiger charge is 2.23. The van der Waals surface area contributed by atoms with E-state index in [1.165, 1.54) is 0 Å². The van der Waals surface area contributed by atoms with E-state index in [0.717, 1.165) is 16.9 Å². The highest BCUT2D eigenvalue weighted by atomic mass is 16.3. The Kier molecular flexibility index (Phi) is 3.51. The molecule has 1 N–H and O–H groups in total. The number of phenolic OH excluding ortho intramolecular Hbond substituents is 1. The number of aromatic hydroxyl groups is 1. The summed E-state index contributed by atoms with van der Waals surface area (Å²) >= 11 is 0. The van der Waals surface area contributed by atoms with Gasteiger partial charge in [0.05, 0.1) is 10.7 Å². The maximum atomic E-state index is 9.72. The van der Waals surface area contributed by atoms with Gasteiger partial charge < -0.3 is 5.11 Å². The average Bonchev–Trinajstić information content (AvgIpc) is 3.09. The van der Waals surface area contributed by atoms with Crippen LogP contribution in [0, 0.1) is 0 Å². The summed E-state index contributed by atoms with van der Waals surface area (Å²) in [5.74, 6) is 0.730. The standard InChI is InChI=1S/C19H14N4O/c24-18-13-7-8-15(14-18)19-20-22(16-9-3-1-4-10-16)23(21-19)17-11-5-2-6-12-17/h1-14H/p+1. The third-order valence-electron chi connectivity index (χ3n) is 3.64. The second kappa shape index (κ2) is 5.96. The van der Waals surface area contributed by atoms with Gasteiger partial charge in [0.2, 0.25) is 0 Å². The summed E-state index contributed by atoms with van der Waals surface area (Å²) in [6, 6.07) is 26.6. The van der Waals surface area contributed by atoms with E-state index >= 15 is 0 Å². The average molecular weight is 315 g/mol. The number of hydrogen-bond donors (Lipinski definition) is 1. The predicted octanol–water partition coefficient (Wildman–Crippen LogP) is 2.92. The number of nitrogens with zero attached hydrogens (tertiary/aromatic N) is 4. The van der Waals surface area contributed by atoms with Crippen LogP contribution in [0.2, 0.25) is 0 Å². The quantitative estimate of drug-likeness (QED) is 0.591. The van der Waals surface area contributed by atoms with E-state index in [9.17, 15) is 5.11 Å². The SMILES string of the molecule is Oc1cccc(-c2nn(-c3ccccc3)[n+](-c3ccccc3)n2)c1. The molecule has 5 nitrogen and oxygen atoms in total. The van der Waals surface area contributed by atoms with Gasteiger partial charge in [-0.1, -0.05) is 42.5 Å². The van der Waals surface area contributed by atoms with Crippen molar-refractivity contribution < 1.29 is 9.90 Å². The minimum atomic E-state index is 0.190. The molecule has 0 saturated carbocycles. The van der Waals surface area contributed by atoms with Gasteiger partial charge in [0.1, 0.15) is 11.4 Å². The maximum Gasteiger partial charge on any atom is 0.340 e. The molecule has 4 rings (SSSR count). The molecule has 1 heterocycles. The zero-order chi connectivity index (χ0) is 16.4. The van der Waals surface area contributed by atoms with Gasteiger partial charge >= 0.3 is 5.82 Å². The fraction of sp³-hybridized carbons (Fsp3) is 0. The molecule has 0 saturated heterocycles. The smallest absolute Gasteiger partial charge is 0.340 e. The molecule has 4 aromatic rings. The summed E-state index contributed by atoms with van der Waals surface area (Å²) in [5, 5.41) is 19.0. The van der Waals surface area contributed by atoms with Crippen molar-refractivity contribution in [1.82, 2.24) is 15.0 Å². The molecule has 0 bridgehead atoms. The van der Waals surface area contributed by atoms with Gasteiger partial charge in [-0.05, 0) is 52.4 Å². The van der Waals surface area contributed by atoms with E-state index in [2.05, 4.69) is 10.2 Å². The first kappa shape index (κ1) is 14.1. The van der Waals surface area contributed by atoms with Gasteiger partial charge in [-0.3, -0.25) is 0 Å². The molecule has 116 valence electrons. The molecular formula is C19H15N4O+. The first-order valence-electron chi connectivity index (χ1n) is 7.61. The number of benzene rings is 3. The highest BCUT2D eigenvalue weighted by Crippen LogP contribution is 2.19. The number of aromatic nitrogens is 4. The van der Waals surface area contributed by atoms with Gasteiger partial charge in [0, 0.05) is 4.80 Å². The minimum Gasteiger partial charge on any atom is -0.508 e. The molecule has 0 aliphatic carbocycles. The molecule has 0 fully saturated rings. The Bertz CT molecular complexity index is 908. The van der Waals surface area contributed by atoms with Crippen LogP contribution in [0.5, 0.6) is 5.75 Å². The summed E-state index contributed by atoms with van der Waals surface area (Å²) in [6.45, 7) is 0. The maximum absolute atomic E-state index is 9.72. The van der Waals surface area contributed by atoms with Crippen molar-refractivity contribution in [1.29, 1.82) is 0 Å². The number of rotatable bonds is 3. The van der Waals surface area contributed by atoms with Crippen molar-refractivity contribution in [2.75, 3.05) is 0 Å². The van der Waals surface area contributed by atoms with E-state index < -0.39 is 0 Å². The first-order chi connectivity index (χ1) is 11.8. The van der Waals surface area contributed by atoms with Crippen LogP contribution in [0.25, 0.3) is 22.8 Å². The van der Waals surface area contributed by atoms with Crippen molar-refractivity contribution in [3.63, 3.8) is 0 Å². The molecule has 0 unspecified atom stereocenters. The first-order valence-corrected chi connectivity index (χ1v) is 7.61. The molecule has 0 spiro atoms. The fourth-order valence-electron chi connectivity index (χ4n) is 2.50. The Balaban J connectivity index is 1.91. The summed E-state index contributed by atoms with van der Waals surface area (Å²) in [5.41, 5.74) is 2.56. The van der Waals surface area contributed by atoms with Gasteiger partial charge in [-0.25, -0.2) is 0 Å². The van der Waals surface area contributed by atoms with Crippen LogP contribution in [-0.4, -0.2) is 20.1 Å². The predicted molar refractivity (Wildman–Crippen MR) is 90.0 cm³/mol. The molecule has 3 aromatic carbocycles. The second-order valence-corrected chi connectivity index (χ2v) is 5.32. The molecule has 0 amide bonds. The molecule has 0 aliphatic rings. The normalized spacial score (nSPS) is 10.7. The third kappa shape index (κ3) is 2.63. The monoisotopic (exact) mass is 315 g/mol. The third-order valence-corrected chi connectivity index (χ3v) is 3.64. The number of tetrazole rings is 1. The zero-order valence-electron chi connectivity index (χ0n) is 12.8. The van der Waals surface area contributed by atoms with E-state index in [1.807, 2.05) is 66.7 Å². The molecule has 0 aliphatic heterocycles. The van der Waals surface area contributed by atoms with Crippen molar-refractivity contribution in [2.24, 2.45) is 0 Å². The van der Waals surface area contributed by atoms with E-state index in [-0.39, 0.29) is 5.75 Å². The largest absolute Gasteiger partial charge is 0.508 e. The number of phenols is 1. The van der Waals surface area contributed by atoms with Crippen LogP contribution < -0.4 is 4.80 Å². The highest BCUT2D eigenvalue weighted by molar-refractivity contribution is 5.56. The van der Waals surface area contributed by atoms with Crippen LogP contribution in [0.4, 0.5) is 0 Å². The lowest BCUT2D eigenvalue weighted by Crippen LogP contribution is -2.43. The summed E-state index contributed by atoms with van der Waals surface area (Å²) < 4.78 is 0. The molecule has 0 atom stereocenters. The Labute approximate surface area is 139 Å². The number of hydrogen-bond acceptors (Lipinski definition) is 3. The lowest BCUT2D eigenvalue weighted by Gasteiger charge is -1.98. The Morgan fingerprint density at radius 1 is 0.792 bits per heavy atom. The van der Waals surface area contributed by atoms with E-state index in [0.29, 0.717) is 5.82 Å². The van der Waals surface area contributed by atoms with Crippen molar-refractivity contribution in [3.8, 4) is 28.5 Å². The summed E-state index contributed by atoms with van der Waals surface area (Å²) in [6.07, 6.45) is 0. The summed E-state index contributed by atoms with van der Waals surface area (Å²) in [4.78, 5) is 3.49. The second-order valence-electron chi connectivity index (χ2n) is 5.32. The Morgan fingerprint density at radius 3 is 2.21 bits per heavy atom. The zero-order valence-corrected chi connectivity index (χ0v) is 12.8. The van der Waals surface area contributed by atoms with E-state index in [1.54, 1.807) is 27.8 Å². The molecule has 0 radical (unpaired) electrons. The van der Waals surface area contributed by atoms with E-state index in [4.69, 9.17) is 0 Å². The van der Waals surface area contributed by atoms with Crippen LogP contribution in [0.3, 0.4) is 0 Å². The fourth-order valence-corrected chi connectivity index (χ4v) is 2.50. The lowest BCUT2D eigenvalue weighted by molar-refractivity contribution is -0.734. The van der Waals surface area contributed by atoms with Gasteiger partial charge in [0.15, 0.2) is 5.69 Å². The molecule has 5 heteroatoms. The van der Waals surface area contributed by atoms with Crippen molar-refractivity contribution >= 4 is 0 Å². The summed E-state index contributed by atoms with van der Waals surface area (Å²) in [7, 11) is 0. The molecular weight excluding hydrogens is 300 g/mol. The van der Waals surface area contributed by atoms with Crippen LogP contribution in [0.1, 0.15) is 0 Å². The Hall–Kier alpha value is -3.47. The molecule has 24 heavy (non-hydrogen) atoms. The van der Waals surface area contributed by atoms with Crippen LogP contribution in [-0.2, 0) is 0 Å². The van der Waals surface area contributed by atoms with Crippen LogP contribution in [0.15, 0.2) is 84.9 Å². The van der Waals surface area contributed by atoms with Crippen molar-refractivity contribution in [2.45, 2.75) is 0 Å². The van der Waals surface area contributed by atoms with Gasteiger partial charge in [0.25, 0.3) is 0 Å². The van der Waals surface area contributed by atoms with Gasteiger partial charge in [-0.2, -0.15) is 0 Å². The Morgan fingerprint density at radius 2 is 1.50 bits per heavy atom. The van der Waals surface area contributed by atoms with Gasteiger partial charge in [-0.15, -0.1) is 0 Å².